The van der Waals surface area contributed by atoms with E-state index >= 15 is 0 Å². The van der Waals surface area contributed by atoms with Crippen molar-refractivity contribution in [2.24, 2.45) is 0 Å². The van der Waals surface area contributed by atoms with Crippen LogP contribution in [0.5, 0.6) is 0 Å². The van der Waals surface area contributed by atoms with Crippen LogP contribution >= 0.6 is 0 Å². The van der Waals surface area contributed by atoms with Gasteiger partial charge in [-0.3, -0.25) is 4.79 Å². The van der Waals surface area contributed by atoms with Crippen molar-refractivity contribution in [3.05, 3.63) is 23.2 Å². The van der Waals surface area contributed by atoms with Gasteiger partial charge in [0, 0.05) is 0 Å². The summed E-state index contributed by atoms with van der Waals surface area (Å²) >= 11 is 0. The number of nitrogens with one attached hydrogen (secondary N) is 1. The Hall–Kier alpha value is -1.76. The maximum Gasteiger partial charge on any atom is 0.256 e. The minimum Gasteiger partial charge on any atom is -0.466 e. The van der Waals surface area contributed by atoms with Crippen molar-refractivity contribution >= 4 is 5.91 Å². The van der Waals surface area contributed by atoms with Crippen molar-refractivity contribution in [3.63, 3.8) is 0 Å². The number of furan rings is 1. The van der Waals surface area contributed by atoms with Crippen LogP contribution in [0.15, 0.2) is 10.5 Å². The van der Waals surface area contributed by atoms with Gasteiger partial charge in [0.1, 0.15) is 17.1 Å². The third-order valence-electron chi connectivity index (χ3n) is 2.63. The molecule has 0 fully saturated rings. The molecule has 0 aliphatic carbocycles. The third kappa shape index (κ3) is 2.43. The molecule has 16 heavy (non-hydrogen) atoms. The molecule has 1 aromatic rings. The van der Waals surface area contributed by atoms with E-state index in [0.717, 1.165) is 0 Å². The van der Waals surface area contributed by atoms with E-state index in [4.69, 9.17) is 9.68 Å². The Bertz CT molecular complexity index is 442. The van der Waals surface area contributed by atoms with Crippen LogP contribution < -0.4 is 5.32 Å². The molecule has 0 radical (unpaired) electrons. The summed E-state index contributed by atoms with van der Waals surface area (Å²) in [6, 6.07) is 3.77. The molecular weight excluding hydrogens is 204 g/mol. The van der Waals surface area contributed by atoms with Gasteiger partial charge in [-0.2, -0.15) is 5.26 Å². The van der Waals surface area contributed by atoms with Crippen LogP contribution in [0.2, 0.25) is 0 Å². The molecule has 0 aromatic carbocycles. The largest absolute Gasteiger partial charge is 0.466 e. The Morgan fingerprint density at radius 1 is 1.62 bits per heavy atom. The van der Waals surface area contributed by atoms with Crippen LogP contribution in [-0.2, 0) is 0 Å². The Morgan fingerprint density at radius 3 is 2.62 bits per heavy atom. The lowest BCUT2D eigenvalue weighted by molar-refractivity contribution is 0.0921. The fourth-order valence-corrected chi connectivity index (χ4v) is 1.37. The molecule has 1 amide bonds. The van der Waals surface area contributed by atoms with Gasteiger partial charge in [0.15, 0.2) is 0 Å². The third-order valence-corrected chi connectivity index (χ3v) is 2.63. The lowest BCUT2D eigenvalue weighted by atomic mass is 10.0. The molecule has 1 rings (SSSR count). The molecule has 0 spiro atoms. The zero-order valence-electron chi connectivity index (χ0n) is 10.0. The average Bonchev–Trinajstić information content (AvgIpc) is 2.57. The first-order chi connectivity index (χ1) is 7.41. The zero-order valence-corrected chi connectivity index (χ0v) is 10.0. The van der Waals surface area contributed by atoms with E-state index in [1.54, 1.807) is 26.8 Å². The van der Waals surface area contributed by atoms with Gasteiger partial charge in [0.25, 0.3) is 5.91 Å². The summed E-state index contributed by atoms with van der Waals surface area (Å²) in [4.78, 5) is 11.9. The number of carbonyl (C=O) groups is 1. The molecule has 1 unspecified atom stereocenters. The zero-order chi connectivity index (χ0) is 12.3. The molecule has 1 heterocycles. The molecule has 1 aromatic heterocycles. The standard InChI is InChI=1S/C12H16N2O2/c1-5-12(4,7-13)14-11(15)10-6-8(2)16-9(10)3/h6H,5H2,1-4H3,(H,14,15). The van der Waals surface area contributed by atoms with Gasteiger partial charge in [0.2, 0.25) is 0 Å². The first-order valence-electron chi connectivity index (χ1n) is 5.22. The van der Waals surface area contributed by atoms with Crippen molar-refractivity contribution in [2.75, 3.05) is 0 Å². The number of hydrogen-bond acceptors (Lipinski definition) is 3. The number of carbonyl (C=O) groups excluding carboxylic acids is 1. The second kappa shape index (κ2) is 4.40. The normalized spacial score (nSPS) is 13.9. The quantitative estimate of drug-likeness (QED) is 0.850. The highest BCUT2D eigenvalue weighted by Crippen LogP contribution is 2.15. The maximum atomic E-state index is 11.9. The second-order valence-corrected chi connectivity index (χ2v) is 4.08. The number of nitriles is 1. The molecule has 0 bridgehead atoms. The number of nitrogens with zero attached hydrogens (tertiary/aromatic N) is 1. The van der Waals surface area contributed by atoms with E-state index in [2.05, 4.69) is 11.4 Å². The Balaban J connectivity index is 2.89. The molecule has 0 aliphatic rings. The van der Waals surface area contributed by atoms with Gasteiger partial charge < -0.3 is 9.73 Å². The number of hydrogen-bond donors (Lipinski definition) is 1. The molecule has 1 N–H and O–H groups in total. The molecule has 0 aliphatic heterocycles. The SMILES string of the molecule is CCC(C)(C#N)NC(=O)c1cc(C)oc1C. The summed E-state index contributed by atoms with van der Waals surface area (Å²) in [5, 5.41) is 11.7. The Kier molecular flexibility index (Phi) is 3.38. The molecular formula is C12H16N2O2. The van der Waals surface area contributed by atoms with E-state index in [9.17, 15) is 4.79 Å². The minimum atomic E-state index is -0.825. The van der Waals surface area contributed by atoms with E-state index < -0.39 is 5.54 Å². The van der Waals surface area contributed by atoms with Crippen LogP contribution in [0.3, 0.4) is 0 Å². The topological polar surface area (TPSA) is 66.0 Å². The van der Waals surface area contributed by atoms with Gasteiger partial charge in [0.05, 0.1) is 11.6 Å². The van der Waals surface area contributed by atoms with E-state index in [-0.39, 0.29) is 5.91 Å². The number of amides is 1. The van der Waals surface area contributed by atoms with Crippen molar-refractivity contribution < 1.29 is 9.21 Å². The molecule has 4 heteroatoms. The highest BCUT2D eigenvalue weighted by molar-refractivity contribution is 5.96. The van der Waals surface area contributed by atoms with Gasteiger partial charge in [-0.1, -0.05) is 6.92 Å². The van der Waals surface area contributed by atoms with Crippen LogP contribution in [0.4, 0.5) is 0 Å². The predicted molar refractivity (Wildman–Crippen MR) is 60.0 cm³/mol. The van der Waals surface area contributed by atoms with Crippen LogP contribution in [0.25, 0.3) is 0 Å². The summed E-state index contributed by atoms with van der Waals surface area (Å²) in [5.74, 6) is 1.00. The highest BCUT2D eigenvalue weighted by Gasteiger charge is 2.25. The smallest absolute Gasteiger partial charge is 0.256 e. The fourth-order valence-electron chi connectivity index (χ4n) is 1.37. The molecule has 0 saturated carbocycles. The van der Waals surface area contributed by atoms with Gasteiger partial charge >= 0.3 is 0 Å². The lowest BCUT2D eigenvalue weighted by Gasteiger charge is -2.20. The summed E-state index contributed by atoms with van der Waals surface area (Å²) in [7, 11) is 0. The van der Waals surface area contributed by atoms with Gasteiger partial charge in [-0.15, -0.1) is 0 Å². The second-order valence-electron chi connectivity index (χ2n) is 4.08. The maximum absolute atomic E-state index is 11.9. The molecule has 4 nitrogen and oxygen atoms in total. The van der Waals surface area contributed by atoms with Crippen molar-refractivity contribution in [1.82, 2.24) is 5.32 Å². The first-order valence-corrected chi connectivity index (χ1v) is 5.22. The predicted octanol–water partition coefficient (Wildman–Crippen LogP) is 2.32. The summed E-state index contributed by atoms with van der Waals surface area (Å²) < 4.78 is 5.27. The van der Waals surface area contributed by atoms with Crippen molar-refractivity contribution in [1.29, 1.82) is 5.26 Å². The summed E-state index contributed by atoms with van der Waals surface area (Å²) in [6.45, 7) is 7.08. The van der Waals surface area contributed by atoms with E-state index in [1.807, 2.05) is 6.92 Å². The van der Waals surface area contributed by atoms with E-state index in [1.165, 1.54) is 0 Å². The Morgan fingerprint density at radius 2 is 2.25 bits per heavy atom. The van der Waals surface area contributed by atoms with Gasteiger partial charge in [-0.05, 0) is 33.3 Å². The summed E-state index contributed by atoms with van der Waals surface area (Å²) in [6.07, 6.45) is 0.561. The minimum absolute atomic E-state index is 0.264. The molecule has 0 saturated heterocycles. The molecule has 1 atom stereocenters. The Labute approximate surface area is 95.2 Å². The first kappa shape index (κ1) is 12.3. The highest BCUT2D eigenvalue weighted by atomic mass is 16.3. The van der Waals surface area contributed by atoms with E-state index in [0.29, 0.717) is 23.5 Å². The molecule has 86 valence electrons. The van der Waals surface area contributed by atoms with Crippen molar-refractivity contribution in [3.8, 4) is 6.07 Å². The fraction of sp³-hybridized carbons (Fsp3) is 0.500. The van der Waals surface area contributed by atoms with Crippen LogP contribution in [0.1, 0.15) is 42.1 Å². The summed E-state index contributed by atoms with van der Waals surface area (Å²) in [5.41, 5.74) is -0.332. The van der Waals surface area contributed by atoms with Crippen molar-refractivity contribution in [2.45, 2.75) is 39.7 Å². The van der Waals surface area contributed by atoms with Crippen LogP contribution in [-0.4, -0.2) is 11.4 Å². The number of aryl methyl sites for hydroxylation is 2. The average molecular weight is 220 g/mol. The number of rotatable bonds is 3. The lowest BCUT2D eigenvalue weighted by Crippen LogP contribution is -2.44. The van der Waals surface area contributed by atoms with Crippen LogP contribution in [0, 0.1) is 25.2 Å². The van der Waals surface area contributed by atoms with Gasteiger partial charge in [-0.25, -0.2) is 0 Å². The monoisotopic (exact) mass is 220 g/mol.